The molecule has 5 aromatic rings. The average molecular weight is 1120 g/mol. The van der Waals surface area contributed by atoms with Gasteiger partial charge in [-0.05, 0) is 142 Å². The molecule has 3 saturated heterocycles. The van der Waals surface area contributed by atoms with Gasteiger partial charge in [-0.3, -0.25) is 34.0 Å². The monoisotopic (exact) mass is 1120 g/mol. The number of methoxy groups -OCH3 is 1. The molecule has 6 aliphatic rings. The number of pyridine rings is 1. The van der Waals surface area contributed by atoms with Crippen LogP contribution in [-0.4, -0.2) is 133 Å². The number of cyclic esters (lactones) is 1. The number of benzene rings is 3. The first-order chi connectivity index (χ1) is 38.9. The van der Waals surface area contributed by atoms with Crippen LogP contribution < -0.4 is 10.7 Å². The summed E-state index contributed by atoms with van der Waals surface area (Å²) in [6.45, 7) is 14.1. The molecular formula is C64H80N8O8S. The molecule has 16 nitrogen and oxygen atoms in total. The first kappa shape index (κ1) is 56.7. The lowest BCUT2D eigenvalue weighted by Gasteiger charge is -2.37. The summed E-state index contributed by atoms with van der Waals surface area (Å²) in [5, 5.41) is 5.76. The quantitative estimate of drug-likeness (QED) is 0.0657. The fourth-order valence-corrected chi connectivity index (χ4v) is 15.1. The van der Waals surface area contributed by atoms with Crippen LogP contribution >= 0.6 is 0 Å². The molecule has 6 bridgehead atoms. The smallest absolute Gasteiger partial charge is 0.324 e. The van der Waals surface area contributed by atoms with Crippen LogP contribution in [0.15, 0.2) is 90.0 Å². The van der Waals surface area contributed by atoms with Gasteiger partial charge in [0.1, 0.15) is 18.1 Å². The van der Waals surface area contributed by atoms with Gasteiger partial charge < -0.3 is 33.7 Å². The van der Waals surface area contributed by atoms with Crippen LogP contribution in [0.25, 0.3) is 33.3 Å². The van der Waals surface area contributed by atoms with Crippen molar-refractivity contribution in [2.45, 2.75) is 154 Å². The van der Waals surface area contributed by atoms with E-state index in [1.54, 1.807) is 30.2 Å². The predicted octanol–water partition coefficient (Wildman–Crippen LogP) is 8.35. The second-order valence-corrected chi connectivity index (χ2v) is 26.2. The van der Waals surface area contributed by atoms with Crippen molar-refractivity contribution in [1.82, 2.24) is 39.4 Å². The number of carbonyl (C=O) groups is 5. The van der Waals surface area contributed by atoms with Gasteiger partial charge in [0.25, 0.3) is 5.91 Å². The number of hydrogen-bond donors (Lipinski definition) is 2. The first-order valence-corrected chi connectivity index (χ1v) is 30.6. The Morgan fingerprint density at radius 2 is 1.72 bits per heavy atom. The molecule has 2 aromatic heterocycles. The minimum atomic E-state index is -1.48. The van der Waals surface area contributed by atoms with Crippen LogP contribution in [0.1, 0.15) is 114 Å². The summed E-state index contributed by atoms with van der Waals surface area (Å²) in [5.74, 6) is -2.10. The van der Waals surface area contributed by atoms with Gasteiger partial charge >= 0.3 is 5.97 Å². The minimum Gasteiger partial charge on any atom is -0.593 e. The summed E-state index contributed by atoms with van der Waals surface area (Å²) in [7, 11) is 3.40. The lowest BCUT2D eigenvalue weighted by molar-refractivity contribution is -0.155. The second kappa shape index (κ2) is 23.3. The molecular weight excluding hydrogens is 1040 g/mol. The van der Waals surface area contributed by atoms with E-state index in [4.69, 9.17) is 14.5 Å². The molecule has 3 aromatic carbocycles. The van der Waals surface area contributed by atoms with Gasteiger partial charge in [0.15, 0.2) is 10.9 Å². The number of esters is 1. The van der Waals surface area contributed by atoms with E-state index < -0.39 is 58.7 Å². The van der Waals surface area contributed by atoms with Crippen molar-refractivity contribution in [3.8, 4) is 22.4 Å². The van der Waals surface area contributed by atoms with Crippen LogP contribution in [0.3, 0.4) is 0 Å². The molecule has 0 radical (unpaired) electrons. The number of amides is 4. The largest absolute Gasteiger partial charge is 0.593 e. The molecule has 11 rings (SSSR count). The van der Waals surface area contributed by atoms with Gasteiger partial charge in [-0.2, -0.15) is 0 Å². The molecule has 430 valence electrons. The zero-order valence-corrected chi connectivity index (χ0v) is 49.1. The van der Waals surface area contributed by atoms with E-state index in [1.807, 2.05) is 67.5 Å². The zero-order chi connectivity index (χ0) is 57.0. The number of fused-ring (bicyclic) bond motifs is 6. The molecule has 2 N–H and O–H groups in total. The molecule has 5 fully saturated rings. The Balaban J connectivity index is 0.887. The molecule has 10 atom stereocenters. The Kier molecular flexibility index (Phi) is 16.3. The number of hydrazine groups is 1. The van der Waals surface area contributed by atoms with Gasteiger partial charge in [0, 0.05) is 74.8 Å². The van der Waals surface area contributed by atoms with Gasteiger partial charge in [-0.1, -0.05) is 81.6 Å². The Hall–Kier alpha value is -6.11. The van der Waals surface area contributed by atoms with Crippen LogP contribution in [0.2, 0.25) is 0 Å². The van der Waals surface area contributed by atoms with Gasteiger partial charge in [-0.25, -0.2) is 5.43 Å². The normalized spacial score (nSPS) is 26.2. The number of rotatable bonds is 13. The fourth-order valence-electron chi connectivity index (χ4n) is 13.7. The Morgan fingerprint density at radius 1 is 0.963 bits per heavy atom. The molecule has 2 aliphatic carbocycles. The summed E-state index contributed by atoms with van der Waals surface area (Å²) in [6, 6.07) is 23.0. The third-order valence-corrected chi connectivity index (χ3v) is 19.9. The molecule has 0 spiro atoms. The maximum atomic E-state index is 15.3. The van der Waals surface area contributed by atoms with Crippen LogP contribution in [-0.2, 0) is 64.2 Å². The Labute approximate surface area is 479 Å². The molecule has 2 unspecified atom stereocenters. The maximum absolute atomic E-state index is 15.3. The lowest BCUT2D eigenvalue weighted by Crippen LogP contribution is -2.62. The second-order valence-electron chi connectivity index (χ2n) is 24.8. The predicted molar refractivity (Wildman–Crippen MR) is 311 cm³/mol. The summed E-state index contributed by atoms with van der Waals surface area (Å²) >= 11 is -1.48. The molecule has 6 heterocycles. The lowest BCUT2D eigenvalue weighted by atomic mass is 9.84. The maximum Gasteiger partial charge on any atom is 0.324 e. The molecule has 17 heteroatoms. The van der Waals surface area contributed by atoms with Crippen molar-refractivity contribution < 1.29 is 38.0 Å². The first-order valence-electron chi connectivity index (χ1n) is 29.5. The average Bonchev–Trinajstić information content (AvgIpc) is 2.72. The fraction of sp³-hybridized carbons (Fsp3) is 0.531. The van der Waals surface area contributed by atoms with Crippen molar-refractivity contribution in [3.05, 3.63) is 107 Å². The zero-order valence-electron chi connectivity index (χ0n) is 48.3. The van der Waals surface area contributed by atoms with E-state index >= 15 is 9.59 Å². The molecule has 4 amide bonds. The third kappa shape index (κ3) is 11.4. The van der Waals surface area contributed by atoms with Crippen molar-refractivity contribution >= 4 is 51.9 Å². The topological polar surface area (TPSA) is 181 Å². The van der Waals surface area contributed by atoms with E-state index in [2.05, 4.69) is 72.5 Å². The minimum absolute atomic E-state index is 0.0913. The number of likely N-dealkylation sites (N-methyl/N-ethyl adjacent to an activating group) is 1. The highest BCUT2D eigenvalue weighted by Gasteiger charge is 2.67. The van der Waals surface area contributed by atoms with E-state index in [9.17, 15) is 18.9 Å². The van der Waals surface area contributed by atoms with Crippen LogP contribution in [0.4, 0.5) is 0 Å². The molecule has 2 saturated carbocycles. The number of likely N-dealkylation sites (tertiary alicyclic amines) is 1. The number of hydrogen-bond acceptors (Lipinski definition) is 11. The van der Waals surface area contributed by atoms with Crippen LogP contribution in [0, 0.1) is 36.0 Å². The number of carbonyl (C=O) groups excluding carboxylic acids is 5. The summed E-state index contributed by atoms with van der Waals surface area (Å²) in [4.78, 5) is 82.9. The Morgan fingerprint density at radius 3 is 2.44 bits per heavy atom. The van der Waals surface area contributed by atoms with Gasteiger partial charge in [0.2, 0.25) is 17.7 Å². The summed E-state index contributed by atoms with van der Waals surface area (Å²) in [5.41, 5.74) is 11.6. The summed E-state index contributed by atoms with van der Waals surface area (Å²) in [6.07, 6.45) is 8.60. The highest BCUT2D eigenvalue weighted by molar-refractivity contribution is 7.89. The van der Waals surface area contributed by atoms with E-state index in [1.165, 1.54) is 5.01 Å². The van der Waals surface area contributed by atoms with E-state index in [0.29, 0.717) is 49.7 Å². The van der Waals surface area contributed by atoms with Crippen molar-refractivity contribution in [1.29, 1.82) is 0 Å². The number of nitrogens with zero attached hydrogens (tertiary/aromatic N) is 6. The van der Waals surface area contributed by atoms with Crippen LogP contribution in [0.5, 0.6) is 0 Å². The number of aryl methyl sites for hydroxylation is 2. The van der Waals surface area contributed by atoms with E-state index in [-0.39, 0.29) is 61.3 Å². The van der Waals surface area contributed by atoms with E-state index in [0.717, 1.165) is 94.2 Å². The van der Waals surface area contributed by atoms with Gasteiger partial charge in [-0.15, -0.1) is 4.31 Å². The number of ether oxygens (including phenoxy) is 2. The number of aromatic nitrogens is 2. The summed E-state index contributed by atoms with van der Waals surface area (Å²) < 4.78 is 30.2. The molecule has 81 heavy (non-hydrogen) atoms. The molecule has 4 aliphatic heterocycles. The van der Waals surface area contributed by atoms with Gasteiger partial charge in [0.05, 0.1) is 47.4 Å². The highest BCUT2D eigenvalue weighted by Crippen LogP contribution is 2.51. The third-order valence-electron chi connectivity index (χ3n) is 18.3. The van der Waals surface area contributed by atoms with Crippen molar-refractivity contribution in [2.75, 3.05) is 40.4 Å². The highest BCUT2D eigenvalue weighted by atomic mass is 32.2. The van der Waals surface area contributed by atoms with Crippen molar-refractivity contribution in [3.63, 3.8) is 0 Å². The standard InChI is InChI=1S/C64H80N8O8S/c1-9-70-53-28-25-45-33-48(53)49(57(70)47-19-13-29-65-54(47)40(4)79-8)34-64(5,6)37-80-63(77)51-20-14-30-71(67-51)61(75)52(32-41-15-12-18-44(45)31-41)66-59(73)56(42-16-10-11-17-42)68(7)60(74)50-36-69(35-39(50)3)62(76)58-55(43-23-24-43)72(58)81(78)46-26-21-38(2)22-27-46/h12-13,15,18-19,21-22,25-29,31,33,39-40,42-43,50-52,55-56,58,67H,9-11,14,16-17,20,23-24,30,32,34-37H2,1-8H3,(H,66,73)/t39-,40+,50+,51+,52+,55-,56+,58-,72?,81?/m1/s1. The SMILES string of the molecule is CCn1c(-c2cccnc2[C@H](C)OC)c2c3cc(ccc31)-c1cccc(c1)C[C@H](NC(=O)[C@H](C1CCCC1)N(C)C(=O)[C@H]1CN(C(=O)[C@H]3[C@@H](C4CC4)N3[S+]([O-])c3ccc(C)cc3)C[C@H]1C)C(=O)N1CCC[C@H](N1)C(=O)OCC(C)(C)C2. The van der Waals surface area contributed by atoms with Crippen molar-refractivity contribution in [2.24, 2.45) is 29.1 Å². The Bertz CT molecular complexity index is 3190. The number of nitrogens with one attached hydrogen (secondary N) is 2.